The Bertz CT molecular complexity index is 774. The molecule has 1 aromatic heterocycles. The van der Waals surface area contributed by atoms with Gasteiger partial charge in [0, 0.05) is 42.8 Å². The van der Waals surface area contributed by atoms with Crippen LogP contribution in [0.1, 0.15) is 57.4 Å². The standard InChI is InChI=1S/C25H39N3S/c1-7-10-19-13-21(25(2,3)4)17-28(15-19)18-22-14-26-24(29-22)23-12-9-8-11-20(23)16-27(5)6/h8-9,11-12,14,19,21H,7,10,13,15-18H2,1-6H3. The van der Waals surface area contributed by atoms with Gasteiger partial charge >= 0.3 is 0 Å². The number of thiazole rings is 1. The van der Waals surface area contributed by atoms with Crippen molar-refractivity contribution in [2.75, 3.05) is 27.2 Å². The zero-order chi connectivity index (χ0) is 21.0. The fourth-order valence-corrected chi connectivity index (χ4v) is 5.63. The molecule has 160 valence electrons. The topological polar surface area (TPSA) is 19.4 Å². The van der Waals surface area contributed by atoms with Crippen molar-refractivity contribution in [2.24, 2.45) is 17.3 Å². The predicted molar refractivity (Wildman–Crippen MR) is 126 cm³/mol. The van der Waals surface area contributed by atoms with Gasteiger partial charge in [-0.1, -0.05) is 58.4 Å². The molecule has 1 saturated heterocycles. The van der Waals surface area contributed by atoms with E-state index in [-0.39, 0.29) is 0 Å². The maximum absolute atomic E-state index is 4.82. The number of aromatic nitrogens is 1. The number of likely N-dealkylation sites (tertiary alicyclic amines) is 1. The molecule has 29 heavy (non-hydrogen) atoms. The zero-order valence-electron chi connectivity index (χ0n) is 19.2. The third kappa shape index (κ3) is 6.13. The molecule has 1 fully saturated rings. The monoisotopic (exact) mass is 413 g/mol. The quantitative estimate of drug-likeness (QED) is 0.542. The van der Waals surface area contributed by atoms with E-state index in [9.17, 15) is 0 Å². The van der Waals surface area contributed by atoms with Gasteiger partial charge in [-0.05, 0) is 49.8 Å². The van der Waals surface area contributed by atoms with Crippen molar-refractivity contribution in [2.45, 2.75) is 60.0 Å². The van der Waals surface area contributed by atoms with Gasteiger partial charge in [0.2, 0.25) is 0 Å². The van der Waals surface area contributed by atoms with Gasteiger partial charge in [0.05, 0.1) is 0 Å². The molecule has 2 atom stereocenters. The van der Waals surface area contributed by atoms with Crippen LogP contribution in [0.15, 0.2) is 30.5 Å². The maximum atomic E-state index is 4.82. The first-order valence-electron chi connectivity index (χ1n) is 11.2. The van der Waals surface area contributed by atoms with Crippen molar-refractivity contribution >= 4 is 11.3 Å². The zero-order valence-corrected chi connectivity index (χ0v) is 20.1. The highest BCUT2D eigenvalue weighted by Gasteiger charge is 2.34. The highest BCUT2D eigenvalue weighted by atomic mass is 32.1. The van der Waals surface area contributed by atoms with E-state index in [1.165, 1.54) is 48.4 Å². The van der Waals surface area contributed by atoms with E-state index in [0.29, 0.717) is 5.41 Å². The third-order valence-corrected chi connectivity index (χ3v) is 7.22. The van der Waals surface area contributed by atoms with E-state index in [1.807, 2.05) is 11.3 Å². The van der Waals surface area contributed by atoms with Gasteiger partial charge in [0.1, 0.15) is 5.01 Å². The molecule has 0 amide bonds. The van der Waals surface area contributed by atoms with Crippen molar-refractivity contribution < 1.29 is 0 Å². The molecule has 2 aromatic rings. The molecule has 0 radical (unpaired) electrons. The Kier molecular flexibility index (Phi) is 7.53. The van der Waals surface area contributed by atoms with E-state index >= 15 is 0 Å². The second-order valence-electron chi connectivity index (χ2n) is 10.2. The highest BCUT2D eigenvalue weighted by Crippen LogP contribution is 2.38. The van der Waals surface area contributed by atoms with Gasteiger partial charge in [-0.25, -0.2) is 4.98 Å². The van der Waals surface area contributed by atoms with Gasteiger partial charge in [-0.3, -0.25) is 4.90 Å². The largest absolute Gasteiger partial charge is 0.305 e. The van der Waals surface area contributed by atoms with Crippen LogP contribution in [0, 0.1) is 17.3 Å². The number of piperidine rings is 1. The van der Waals surface area contributed by atoms with E-state index in [1.54, 1.807) is 0 Å². The lowest BCUT2D eigenvalue weighted by atomic mass is 9.72. The lowest BCUT2D eigenvalue weighted by Gasteiger charge is -2.43. The minimum atomic E-state index is 0.384. The van der Waals surface area contributed by atoms with E-state index < -0.39 is 0 Å². The second-order valence-corrected chi connectivity index (χ2v) is 11.3. The van der Waals surface area contributed by atoms with E-state index in [4.69, 9.17) is 4.98 Å². The molecule has 1 aliphatic heterocycles. The van der Waals surface area contributed by atoms with Crippen molar-refractivity contribution in [3.63, 3.8) is 0 Å². The van der Waals surface area contributed by atoms with Crippen LogP contribution in [0.4, 0.5) is 0 Å². The van der Waals surface area contributed by atoms with Gasteiger partial charge in [0.25, 0.3) is 0 Å². The van der Waals surface area contributed by atoms with Crippen LogP contribution < -0.4 is 0 Å². The highest BCUT2D eigenvalue weighted by molar-refractivity contribution is 7.15. The Labute approximate surface area is 182 Å². The van der Waals surface area contributed by atoms with Crippen LogP contribution in [0.5, 0.6) is 0 Å². The molecule has 0 N–H and O–H groups in total. The molecular formula is C25H39N3S. The fourth-order valence-electron chi connectivity index (χ4n) is 4.61. The SMILES string of the molecule is CCCC1CC(C(C)(C)C)CN(Cc2cnc(-c3ccccc3CN(C)C)s2)C1. The van der Waals surface area contributed by atoms with E-state index in [2.05, 4.69) is 82.1 Å². The van der Waals surface area contributed by atoms with Crippen molar-refractivity contribution in [3.05, 3.63) is 40.9 Å². The van der Waals surface area contributed by atoms with Crippen LogP contribution >= 0.6 is 11.3 Å². The number of benzene rings is 1. The Morgan fingerprint density at radius 1 is 1.17 bits per heavy atom. The number of nitrogens with zero attached hydrogens (tertiary/aromatic N) is 3. The molecule has 0 aliphatic carbocycles. The summed E-state index contributed by atoms with van der Waals surface area (Å²) in [5.74, 6) is 1.62. The van der Waals surface area contributed by atoms with Gasteiger partial charge < -0.3 is 4.90 Å². The summed E-state index contributed by atoms with van der Waals surface area (Å²) in [4.78, 5) is 11.1. The molecule has 1 aromatic carbocycles. The number of rotatable bonds is 7. The Balaban J connectivity index is 1.74. The molecule has 3 rings (SSSR count). The molecule has 3 nitrogen and oxygen atoms in total. The van der Waals surface area contributed by atoms with Gasteiger partial charge in [0.15, 0.2) is 0 Å². The number of hydrogen-bond acceptors (Lipinski definition) is 4. The van der Waals surface area contributed by atoms with Crippen molar-refractivity contribution in [1.29, 1.82) is 0 Å². The van der Waals surface area contributed by atoms with Crippen molar-refractivity contribution in [1.82, 2.24) is 14.8 Å². The molecule has 0 bridgehead atoms. The Hall–Kier alpha value is -1.23. The number of hydrogen-bond donors (Lipinski definition) is 0. The maximum Gasteiger partial charge on any atom is 0.123 e. The average molecular weight is 414 g/mol. The minimum Gasteiger partial charge on any atom is -0.305 e. The predicted octanol–water partition coefficient (Wildman–Crippen LogP) is 6.16. The van der Waals surface area contributed by atoms with Crippen LogP contribution in [-0.2, 0) is 13.1 Å². The van der Waals surface area contributed by atoms with E-state index in [0.717, 1.165) is 29.9 Å². The molecular weight excluding hydrogens is 374 g/mol. The average Bonchev–Trinajstić information content (AvgIpc) is 3.09. The van der Waals surface area contributed by atoms with Crippen molar-refractivity contribution in [3.8, 4) is 10.6 Å². The normalized spacial score (nSPS) is 21.1. The molecule has 0 spiro atoms. The Morgan fingerprint density at radius 2 is 1.93 bits per heavy atom. The lowest BCUT2D eigenvalue weighted by molar-refractivity contribution is 0.0550. The van der Waals surface area contributed by atoms with Crippen LogP contribution in [-0.4, -0.2) is 42.0 Å². The van der Waals surface area contributed by atoms with Crippen LogP contribution in [0.2, 0.25) is 0 Å². The molecule has 0 saturated carbocycles. The molecule has 4 heteroatoms. The summed E-state index contributed by atoms with van der Waals surface area (Å²) < 4.78 is 0. The molecule has 2 unspecified atom stereocenters. The third-order valence-electron chi connectivity index (χ3n) is 6.20. The fraction of sp³-hybridized carbons (Fsp3) is 0.640. The van der Waals surface area contributed by atoms with Crippen LogP contribution in [0.3, 0.4) is 0 Å². The first-order valence-corrected chi connectivity index (χ1v) is 12.0. The van der Waals surface area contributed by atoms with Gasteiger partial charge in [-0.15, -0.1) is 11.3 Å². The summed E-state index contributed by atoms with van der Waals surface area (Å²) >= 11 is 1.87. The first-order chi connectivity index (χ1) is 13.8. The summed E-state index contributed by atoms with van der Waals surface area (Å²) in [6.07, 6.45) is 6.15. The second kappa shape index (κ2) is 9.72. The first kappa shape index (κ1) is 22.5. The Morgan fingerprint density at radius 3 is 2.62 bits per heavy atom. The lowest BCUT2D eigenvalue weighted by Crippen LogP contribution is -2.44. The molecule has 2 heterocycles. The van der Waals surface area contributed by atoms with Crippen LogP contribution in [0.25, 0.3) is 10.6 Å². The summed E-state index contributed by atoms with van der Waals surface area (Å²) in [6, 6.07) is 8.70. The summed E-state index contributed by atoms with van der Waals surface area (Å²) in [6.45, 7) is 14.0. The summed E-state index contributed by atoms with van der Waals surface area (Å²) in [5, 5.41) is 1.16. The molecule has 1 aliphatic rings. The smallest absolute Gasteiger partial charge is 0.123 e. The minimum absolute atomic E-state index is 0.384. The van der Waals surface area contributed by atoms with Gasteiger partial charge in [-0.2, -0.15) is 0 Å². The summed E-state index contributed by atoms with van der Waals surface area (Å²) in [5.41, 5.74) is 3.02. The summed E-state index contributed by atoms with van der Waals surface area (Å²) in [7, 11) is 4.25.